The summed E-state index contributed by atoms with van der Waals surface area (Å²) in [6, 6.07) is 8.06. The Balaban J connectivity index is 1.31. The van der Waals surface area contributed by atoms with Gasteiger partial charge in [-0.05, 0) is 42.7 Å². The molecule has 0 radical (unpaired) electrons. The zero-order valence-corrected chi connectivity index (χ0v) is 15.7. The fraction of sp³-hybridized carbons (Fsp3) is 0.227. The van der Waals surface area contributed by atoms with Crippen LogP contribution in [0.15, 0.2) is 55.1 Å². The molecule has 0 saturated carbocycles. The first-order valence-electron chi connectivity index (χ1n) is 9.51. The number of aromatic nitrogens is 4. The number of aryl methyl sites for hydroxylation is 1. The van der Waals surface area contributed by atoms with Gasteiger partial charge in [0.1, 0.15) is 11.3 Å². The average Bonchev–Trinajstić information content (AvgIpc) is 3.33. The first-order valence-corrected chi connectivity index (χ1v) is 9.51. The summed E-state index contributed by atoms with van der Waals surface area (Å²) in [6.07, 6.45) is 11.1. The van der Waals surface area contributed by atoms with Crippen LogP contribution in [0.3, 0.4) is 0 Å². The molecule has 5 heterocycles. The number of hydrogen-bond donors (Lipinski definition) is 1. The Labute approximate surface area is 162 Å². The standard InChI is InChI=1S/C22H21N5O/c1-15-4-3-9-27-14-17(25-22(15)27)12-20(28)26-10-6-16(7-11-26)19-13-24-21-18(19)5-2-8-23-21/h2-6,8-9,13-14H,7,10-12H2,1H3,(H,23,24). The number of imidazole rings is 1. The van der Waals surface area contributed by atoms with Crippen molar-refractivity contribution in [3.63, 3.8) is 0 Å². The van der Waals surface area contributed by atoms with Crippen molar-refractivity contribution in [2.45, 2.75) is 19.8 Å². The number of fused-ring (bicyclic) bond motifs is 2. The van der Waals surface area contributed by atoms with Gasteiger partial charge in [-0.1, -0.05) is 12.1 Å². The largest absolute Gasteiger partial charge is 0.346 e. The fourth-order valence-electron chi connectivity index (χ4n) is 3.92. The first kappa shape index (κ1) is 16.7. The van der Waals surface area contributed by atoms with Gasteiger partial charge in [-0.15, -0.1) is 0 Å². The smallest absolute Gasteiger partial charge is 0.228 e. The second-order valence-corrected chi connectivity index (χ2v) is 7.25. The molecule has 0 fully saturated rings. The number of carbonyl (C=O) groups is 1. The maximum absolute atomic E-state index is 12.8. The Bertz CT molecular complexity index is 1220. The van der Waals surface area contributed by atoms with Gasteiger partial charge in [0.25, 0.3) is 0 Å². The van der Waals surface area contributed by atoms with Gasteiger partial charge < -0.3 is 14.3 Å². The van der Waals surface area contributed by atoms with Crippen molar-refractivity contribution >= 4 is 28.2 Å². The number of carbonyl (C=O) groups excluding carboxylic acids is 1. The van der Waals surface area contributed by atoms with E-state index in [9.17, 15) is 4.79 Å². The molecule has 1 aliphatic heterocycles. The monoisotopic (exact) mass is 371 g/mol. The van der Waals surface area contributed by atoms with Gasteiger partial charge in [0, 0.05) is 48.8 Å². The number of rotatable bonds is 3. The highest BCUT2D eigenvalue weighted by atomic mass is 16.2. The van der Waals surface area contributed by atoms with E-state index in [1.807, 2.05) is 53.0 Å². The minimum Gasteiger partial charge on any atom is -0.346 e. The van der Waals surface area contributed by atoms with E-state index < -0.39 is 0 Å². The van der Waals surface area contributed by atoms with Crippen molar-refractivity contribution in [3.05, 3.63) is 71.9 Å². The lowest BCUT2D eigenvalue weighted by Crippen LogP contribution is -2.35. The van der Waals surface area contributed by atoms with E-state index >= 15 is 0 Å². The van der Waals surface area contributed by atoms with Crippen LogP contribution in [0.4, 0.5) is 0 Å². The quantitative estimate of drug-likeness (QED) is 0.600. The fourth-order valence-corrected chi connectivity index (χ4v) is 3.92. The van der Waals surface area contributed by atoms with Gasteiger partial charge in [0.2, 0.25) is 5.91 Å². The predicted molar refractivity (Wildman–Crippen MR) is 109 cm³/mol. The van der Waals surface area contributed by atoms with Crippen LogP contribution in [0.2, 0.25) is 0 Å². The average molecular weight is 371 g/mol. The number of nitrogens with zero attached hydrogens (tertiary/aromatic N) is 4. The van der Waals surface area contributed by atoms with E-state index in [1.165, 1.54) is 11.1 Å². The molecule has 0 saturated heterocycles. The zero-order chi connectivity index (χ0) is 19.1. The molecule has 4 aromatic rings. The van der Waals surface area contributed by atoms with Gasteiger partial charge in [-0.2, -0.15) is 0 Å². The van der Waals surface area contributed by atoms with Crippen LogP contribution in [0.5, 0.6) is 0 Å². The van der Waals surface area contributed by atoms with Crippen molar-refractivity contribution < 1.29 is 4.79 Å². The van der Waals surface area contributed by atoms with Crippen molar-refractivity contribution in [2.24, 2.45) is 0 Å². The molecule has 1 amide bonds. The summed E-state index contributed by atoms with van der Waals surface area (Å²) in [5, 5.41) is 1.13. The summed E-state index contributed by atoms with van der Waals surface area (Å²) < 4.78 is 1.98. The molecule has 0 unspecified atom stereocenters. The van der Waals surface area contributed by atoms with Crippen LogP contribution >= 0.6 is 0 Å². The lowest BCUT2D eigenvalue weighted by atomic mass is 9.99. The second-order valence-electron chi connectivity index (χ2n) is 7.25. The van der Waals surface area contributed by atoms with E-state index in [0.717, 1.165) is 40.9 Å². The molecule has 0 spiro atoms. The number of H-pyrrole nitrogens is 1. The van der Waals surface area contributed by atoms with Crippen LogP contribution < -0.4 is 0 Å². The third-order valence-corrected chi connectivity index (χ3v) is 5.42. The lowest BCUT2D eigenvalue weighted by molar-refractivity contribution is -0.130. The molecule has 6 nitrogen and oxygen atoms in total. The van der Waals surface area contributed by atoms with Crippen molar-refractivity contribution in [3.8, 4) is 0 Å². The molecule has 0 aliphatic carbocycles. The van der Waals surface area contributed by atoms with Crippen LogP contribution in [-0.2, 0) is 11.2 Å². The van der Waals surface area contributed by atoms with E-state index in [-0.39, 0.29) is 5.91 Å². The van der Waals surface area contributed by atoms with Crippen LogP contribution in [-0.4, -0.2) is 43.2 Å². The highest BCUT2D eigenvalue weighted by Crippen LogP contribution is 2.28. The predicted octanol–water partition coefficient (Wildman–Crippen LogP) is 3.38. The number of amides is 1. The van der Waals surface area contributed by atoms with Crippen molar-refractivity contribution in [1.82, 2.24) is 24.3 Å². The first-order chi connectivity index (χ1) is 13.7. The van der Waals surface area contributed by atoms with Gasteiger partial charge in [-0.25, -0.2) is 9.97 Å². The molecule has 4 aromatic heterocycles. The summed E-state index contributed by atoms with van der Waals surface area (Å²) in [6.45, 7) is 3.39. The summed E-state index contributed by atoms with van der Waals surface area (Å²) in [4.78, 5) is 26.9. The van der Waals surface area contributed by atoms with Gasteiger partial charge >= 0.3 is 0 Å². The van der Waals surface area contributed by atoms with Gasteiger partial charge in [-0.3, -0.25) is 4.79 Å². The van der Waals surface area contributed by atoms with E-state index in [2.05, 4.69) is 27.1 Å². The number of nitrogens with one attached hydrogen (secondary N) is 1. The van der Waals surface area contributed by atoms with Gasteiger partial charge in [0.05, 0.1) is 12.1 Å². The van der Waals surface area contributed by atoms with Gasteiger partial charge in [0.15, 0.2) is 0 Å². The minimum absolute atomic E-state index is 0.122. The Kier molecular flexibility index (Phi) is 3.97. The number of aromatic amines is 1. The Hall–Kier alpha value is -3.41. The summed E-state index contributed by atoms with van der Waals surface area (Å²) in [5.41, 5.74) is 6.20. The zero-order valence-electron chi connectivity index (χ0n) is 15.7. The summed E-state index contributed by atoms with van der Waals surface area (Å²) >= 11 is 0. The Morgan fingerprint density at radius 1 is 1.29 bits per heavy atom. The van der Waals surface area contributed by atoms with Crippen LogP contribution in [0, 0.1) is 6.92 Å². The minimum atomic E-state index is 0.122. The third kappa shape index (κ3) is 2.87. The molecular formula is C22H21N5O. The maximum Gasteiger partial charge on any atom is 0.228 e. The molecule has 28 heavy (non-hydrogen) atoms. The summed E-state index contributed by atoms with van der Waals surface area (Å²) in [5.74, 6) is 0.122. The molecule has 0 aromatic carbocycles. The highest BCUT2D eigenvalue weighted by molar-refractivity contribution is 5.91. The number of hydrogen-bond acceptors (Lipinski definition) is 3. The van der Waals surface area contributed by atoms with Crippen molar-refractivity contribution in [1.29, 1.82) is 0 Å². The Morgan fingerprint density at radius 2 is 2.21 bits per heavy atom. The maximum atomic E-state index is 12.8. The molecule has 0 atom stereocenters. The molecule has 1 aliphatic rings. The topological polar surface area (TPSA) is 66.3 Å². The second kappa shape index (κ2) is 6.64. The van der Waals surface area contributed by atoms with E-state index in [0.29, 0.717) is 13.0 Å². The van der Waals surface area contributed by atoms with Crippen molar-refractivity contribution in [2.75, 3.05) is 13.1 Å². The molecule has 0 bridgehead atoms. The SMILES string of the molecule is Cc1cccn2cc(CC(=O)N3CC=C(c4c[nH]c5ncccc45)CC3)nc12. The van der Waals surface area contributed by atoms with E-state index in [1.54, 1.807) is 6.20 Å². The molecule has 1 N–H and O–H groups in total. The van der Waals surface area contributed by atoms with Crippen LogP contribution in [0.1, 0.15) is 23.2 Å². The van der Waals surface area contributed by atoms with E-state index in [4.69, 9.17) is 0 Å². The molecule has 140 valence electrons. The summed E-state index contributed by atoms with van der Waals surface area (Å²) in [7, 11) is 0. The Morgan fingerprint density at radius 3 is 3.04 bits per heavy atom. The third-order valence-electron chi connectivity index (χ3n) is 5.42. The lowest BCUT2D eigenvalue weighted by Gasteiger charge is -2.26. The normalized spacial score (nSPS) is 14.6. The molecule has 5 rings (SSSR count). The molecular weight excluding hydrogens is 350 g/mol. The van der Waals surface area contributed by atoms with Crippen LogP contribution in [0.25, 0.3) is 22.3 Å². The number of pyridine rings is 2. The molecule has 6 heteroatoms. The highest BCUT2D eigenvalue weighted by Gasteiger charge is 2.20.